The summed E-state index contributed by atoms with van der Waals surface area (Å²) in [7, 11) is 0.555. The second-order valence-electron chi connectivity index (χ2n) is 6.04. The number of anilines is 2. The maximum atomic E-state index is 12.4. The number of ether oxygens (including phenoxy) is 1. The third kappa shape index (κ3) is 5.21. The SMILES string of the molecule is COc1ccc(NC(=O)CNc2ccc(C)cc2Br)cc1S(=O)(=O)N(C)C. The van der Waals surface area contributed by atoms with E-state index in [0.717, 1.165) is 20.0 Å². The molecule has 0 aliphatic carbocycles. The number of nitrogens with zero attached hydrogens (tertiary/aromatic N) is 1. The van der Waals surface area contributed by atoms with Gasteiger partial charge in [0, 0.05) is 29.9 Å². The number of methoxy groups -OCH3 is 1. The van der Waals surface area contributed by atoms with Crippen molar-refractivity contribution < 1.29 is 17.9 Å². The van der Waals surface area contributed by atoms with Crippen molar-refractivity contribution in [1.82, 2.24) is 4.31 Å². The summed E-state index contributed by atoms with van der Waals surface area (Å²) < 4.78 is 32.0. The Kier molecular flexibility index (Phi) is 6.85. The second kappa shape index (κ2) is 8.73. The van der Waals surface area contributed by atoms with Crippen LogP contribution in [0.5, 0.6) is 5.75 Å². The zero-order valence-electron chi connectivity index (χ0n) is 15.5. The Labute approximate surface area is 167 Å². The van der Waals surface area contributed by atoms with Gasteiger partial charge in [0.25, 0.3) is 0 Å². The maximum absolute atomic E-state index is 12.4. The molecule has 9 heteroatoms. The van der Waals surface area contributed by atoms with E-state index in [9.17, 15) is 13.2 Å². The van der Waals surface area contributed by atoms with Crippen LogP contribution in [0.25, 0.3) is 0 Å². The molecular formula is C18H22BrN3O4S. The van der Waals surface area contributed by atoms with Crippen molar-refractivity contribution in [2.75, 3.05) is 38.4 Å². The Morgan fingerprint density at radius 3 is 2.48 bits per heavy atom. The number of nitrogens with one attached hydrogen (secondary N) is 2. The lowest BCUT2D eigenvalue weighted by Gasteiger charge is -2.16. The van der Waals surface area contributed by atoms with E-state index in [1.807, 2.05) is 25.1 Å². The number of aryl methyl sites for hydroxylation is 1. The molecule has 27 heavy (non-hydrogen) atoms. The highest BCUT2D eigenvalue weighted by molar-refractivity contribution is 9.10. The van der Waals surface area contributed by atoms with E-state index in [0.29, 0.717) is 5.69 Å². The summed E-state index contributed by atoms with van der Waals surface area (Å²) in [6, 6.07) is 10.2. The molecule has 0 spiro atoms. The maximum Gasteiger partial charge on any atom is 0.246 e. The fraction of sp³-hybridized carbons (Fsp3) is 0.278. The summed E-state index contributed by atoms with van der Waals surface area (Å²) in [5, 5.41) is 5.73. The van der Waals surface area contributed by atoms with Crippen molar-refractivity contribution in [3.63, 3.8) is 0 Å². The predicted molar refractivity (Wildman–Crippen MR) is 110 cm³/mol. The predicted octanol–water partition coefficient (Wildman–Crippen LogP) is 3.07. The van der Waals surface area contributed by atoms with Crippen LogP contribution in [0.2, 0.25) is 0 Å². The summed E-state index contributed by atoms with van der Waals surface area (Å²) in [5.41, 5.74) is 2.26. The van der Waals surface area contributed by atoms with Gasteiger partial charge < -0.3 is 15.4 Å². The van der Waals surface area contributed by atoms with Crippen LogP contribution in [0.4, 0.5) is 11.4 Å². The summed E-state index contributed by atoms with van der Waals surface area (Å²) in [6.45, 7) is 2.01. The van der Waals surface area contributed by atoms with Crippen LogP contribution in [0.1, 0.15) is 5.56 Å². The summed E-state index contributed by atoms with van der Waals surface area (Å²) in [5.74, 6) is -0.0933. The Hall–Kier alpha value is -2.10. The highest BCUT2D eigenvalue weighted by atomic mass is 79.9. The van der Waals surface area contributed by atoms with Gasteiger partial charge in [-0.15, -0.1) is 0 Å². The smallest absolute Gasteiger partial charge is 0.246 e. The third-order valence-electron chi connectivity index (χ3n) is 3.77. The van der Waals surface area contributed by atoms with E-state index >= 15 is 0 Å². The van der Waals surface area contributed by atoms with Gasteiger partial charge in [-0.1, -0.05) is 6.07 Å². The molecule has 0 saturated carbocycles. The lowest BCUT2D eigenvalue weighted by molar-refractivity contribution is -0.114. The summed E-state index contributed by atoms with van der Waals surface area (Å²) >= 11 is 3.45. The van der Waals surface area contributed by atoms with Crippen molar-refractivity contribution in [3.8, 4) is 5.75 Å². The van der Waals surface area contributed by atoms with Crippen molar-refractivity contribution in [3.05, 3.63) is 46.4 Å². The minimum Gasteiger partial charge on any atom is -0.495 e. The number of benzene rings is 2. The largest absolute Gasteiger partial charge is 0.495 e. The van der Waals surface area contributed by atoms with Gasteiger partial charge in [0.05, 0.1) is 13.7 Å². The molecule has 0 fully saturated rings. The van der Waals surface area contributed by atoms with Gasteiger partial charge in [-0.25, -0.2) is 12.7 Å². The molecule has 0 aliphatic heterocycles. The molecule has 2 N–H and O–H groups in total. The van der Waals surface area contributed by atoms with E-state index in [-0.39, 0.29) is 23.1 Å². The molecule has 7 nitrogen and oxygen atoms in total. The molecule has 0 saturated heterocycles. The Morgan fingerprint density at radius 2 is 1.89 bits per heavy atom. The van der Waals surface area contributed by atoms with Crippen molar-refractivity contribution in [2.45, 2.75) is 11.8 Å². The standard InChI is InChI=1S/C18H22BrN3O4S/c1-12-5-7-15(14(19)9-12)20-11-18(23)21-13-6-8-16(26-4)17(10-13)27(24,25)22(2)3/h5-10,20H,11H2,1-4H3,(H,21,23). The van der Waals surface area contributed by atoms with Crippen LogP contribution in [0, 0.1) is 6.92 Å². The van der Waals surface area contributed by atoms with Crippen LogP contribution in [0.3, 0.4) is 0 Å². The molecule has 2 aromatic carbocycles. The molecule has 0 heterocycles. The van der Waals surface area contributed by atoms with Crippen LogP contribution in [-0.2, 0) is 14.8 Å². The van der Waals surface area contributed by atoms with E-state index in [1.54, 1.807) is 6.07 Å². The first-order valence-electron chi connectivity index (χ1n) is 8.05. The topological polar surface area (TPSA) is 87.7 Å². The van der Waals surface area contributed by atoms with Crippen molar-refractivity contribution in [2.24, 2.45) is 0 Å². The van der Waals surface area contributed by atoms with E-state index in [1.165, 1.54) is 33.3 Å². The summed E-state index contributed by atoms with van der Waals surface area (Å²) in [6.07, 6.45) is 0. The van der Waals surface area contributed by atoms with E-state index in [2.05, 4.69) is 26.6 Å². The van der Waals surface area contributed by atoms with Crippen LogP contribution >= 0.6 is 15.9 Å². The highest BCUT2D eigenvalue weighted by Gasteiger charge is 2.23. The zero-order chi connectivity index (χ0) is 20.2. The first-order chi connectivity index (χ1) is 12.6. The zero-order valence-corrected chi connectivity index (χ0v) is 17.9. The van der Waals surface area contributed by atoms with Crippen LogP contribution < -0.4 is 15.4 Å². The Morgan fingerprint density at radius 1 is 1.19 bits per heavy atom. The Bertz CT molecular complexity index is 946. The monoisotopic (exact) mass is 455 g/mol. The second-order valence-corrected chi connectivity index (χ2v) is 9.01. The number of hydrogen-bond acceptors (Lipinski definition) is 5. The molecule has 146 valence electrons. The number of amides is 1. The van der Waals surface area contributed by atoms with Gasteiger partial charge in [0.15, 0.2) is 0 Å². The number of halogens is 1. The highest BCUT2D eigenvalue weighted by Crippen LogP contribution is 2.29. The number of sulfonamides is 1. The van der Waals surface area contributed by atoms with Gasteiger partial charge >= 0.3 is 0 Å². The van der Waals surface area contributed by atoms with Gasteiger partial charge in [-0.05, 0) is 58.7 Å². The first kappa shape index (κ1) is 21.2. The molecule has 0 aromatic heterocycles. The third-order valence-corrected chi connectivity index (χ3v) is 6.26. The lowest BCUT2D eigenvalue weighted by Crippen LogP contribution is -2.24. The molecule has 2 rings (SSSR count). The number of carbonyl (C=O) groups excluding carboxylic acids is 1. The molecule has 2 aromatic rings. The van der Waals surface area contributed by atoms with Gasteiger partial charge in [0.2, 0.25) is 15.9 Å². The molecule has 1 amide bonds. The molecule has 0 atom stereocenters. The minimum absolute atomic E-state index is 0.0120. The molecular weight excluding hydrogens is 434 g/mol. The number of rotatable bonds is 7. The summed E-state index contributed by atoms with van der Waals surface area (Å²) in [4.78, 5) is 12.2. The van der Waals surface area contributed by atoms with Crippen molar-refractivity contribution in [1.29, 1.82) is 0 Å². The van der Waals surface area contributed by atoms with Gasteiger partial charge in [-0.2, -0.15) is 0 Å². The van der Waals surface area contributed by atoms with E-state index < -0.39 is 10.0 Å². The average molecular weight is 456 g/mol. The normalized spacial score (nSPS) is 11.3. The molecule has 0 radical (unpaired) electrons. The number of hydrogen-bond donors (Lipinski definition) is 2. The Balaban J connectivity index is 2.14. The average Bonchev–Trinajstić information content (AvgIpc) is 2.60. The lowest BCUT2D eigenvalue weighted by atomic mass is 10.2. The molecule has 0 unspecified atom stereocenters. The fourth-order valence-electron chi connectivity index (χ4n) is 2.30. The van der Waals surface area contributed by atoms with Crippen LogP contribution in [-0.4, -0.2) is 46.4 Å². The minimum atomic E-state index is -3.71. The van der Waals surface area contributed by atoms with Crippen LogP contribution in [0.15, 0.2) is 45.8 Å². The number of carbonyl (C=O) groups is 1. The molecule has 0 aliphatic rings. The first-order valence-corrected chi connectivity index (χ1v) is 10.3. The van der Waals surface area contributed by atoms with Crippen molar-refractivity contribution >= 4 is 43.2 Å². The van der Waals surface area contributed by atoms with E-state index in [4.69, 9.17) is 4.74 Å². The fourth-order valence-corrected chi connectivity index (χ4v) is 4.01. The van der Waals surface area contributed by atoms with Gasteiger partial charge in [0.1, 0.15) is 10.6 Å². The van der Waals surface area contributed by atoms with Gasteiger partial charge in [-0.3, -0.25) is 4.79 Å². The quantitative estimate of drug-likeness (QED) is 0.669. The molecule has 0 bridgehead atoms.